The van der Waals surface area contributed by atoms with Crippen molar-refractivity contribution in [1.82, 2.24) is 20.3 Å². The Balaban J connectivity index is 1.52. The predicted molar refractivity (Wildman–Crippen MR) is 126 cm³/mol. The molecule has 1 saturated heterocycles. The SMILES string of the molecule is Cc1c(-c2cc(N3CCNCC3)ncn2)cnc2c1N(Cc1c(F)ccc(F)c1Cl)CCC2. The van der Waals surface area contributed by atoms with Crippen molar-refractivity contribution in [3.8, 4) is 11.3 Å². The van der Waals surface area contributed by atoms with Gasteiger partial charge < -0.3 is 15.1 Å². The molecule has 0 aliphatic carbocycles. The van der Waals surface area contributed by atoms with Crippen LogP contribution < -0.4 is 15.1 Å². The molecule has 4 heterocycles. The predicted octanol–water partition coefficient (Wildman–Crippen LogP) is 4.14. The lowest BCUT2D eigenvalue weighted by Gasteiger charge is -2.33. The van der Waals surface area contributed by atoms with Crippen LogP contribution in [-0.4, -0.2) is 47.7 Å². The molecule has 2 aromatic heterocycles. The van der Waals surface area contributed by atoms with Crippen molar-refractivity contribution in [3.63, 3.8) is 0 Å². The first kappa shape index (κ1) is 22.0. The molecule has 5 rings (SSSR count). The number of fused-ring (bicyclic) bond motifs is 1. The van der Waals surface area contributed by atoms with Crippen LogP contribution in [0.2, 0.25) is 5.02 Å². The molecule has 6 nitrogen and oxygen atoms in total. The van der Waals surface area contributed by atoms with Crippen LogP contribution in [0.25, 0.3) is 11.3 Å². The largest absolute Gasteiger partial charge is 0.365 e. The summed E-state index contributed by atoms with van der Waals surface area (Å²) in [5.41, 5.74) is 4.78. The number of piperazine rings is 1. The minimum Gasteiger partial charge on any atom is -0.365 e. The third-order valence-corrected chi connectivity index (χ3v) is 6.81. The molecule has 1 aromatic carbocycles. The summed E-state index contributed by atoms with van der Waals surface area (Å²) >= 11 is 6.12. The fraction of sp³-hybridized carbons (Fsp3) is 0.375. The highest BCUT2D eigenvalue weighted by molar-refractivity contribution is 6.31. The maximum atomic E-state index is 14.5. The average molecular weight is 471 g/mol. The van der Waals surface area contributed by atoms with Crippen molar-refractivity contribution in [2.24, 2.45) is 0 Å². The van der Waals surface area contributed by atoms with E-state index in [1.54, 1.807) is 6.33 Å². The van der Waals surface area contributed by atoms with Crippen molar-refractivity contribution in [2.45, 2.75) is 26.3 Å². The van der Waals surface area contributed by atoms with Gasteiger partial charge in [-0.05, 0) is 37.5 Å². The summed E-state index contributed by atoms with van der Waals surface area (Å²) < 4.78 is 28.5. The number of aryl methyl sites for hydroxylation is 1. The molecule has 0 spiro atoms. The molecule has 2 aliphatic rings. The monoisotopic (exact) mass is 470 g/mol. The smallest absolute Gasteiger partial charge is 0.142 e. The van der Waals surface area contributed by atoms with Gasteiger partial charge in [-0.2, -0.15) is 0 Å². The molecular formula is C24H25ClF2N6. The van der Waals surface area contributed by atoms with Gasteiger partial charge in [0.05, 0.1) is 22.1 Å². The maximum Gasteiger partial charge on any atom is 0.142 e. The first-order valence-electron chi connectivity index (χ1n) is 11.2. The van der Waals surface area contributed by atoms with E-state index in [1.165, 1.54) is 0 Å². The summed E-state index contributed by atoms with van der Waals surface area (Å²) in [7, 11) is 0. The Morgan fingerprint density at radius 1 is 1.06 bits per heavy atom. The van der Waals surface area contributed by atoms with Crippen LogP contribution in [0.1, 0.15) is 23.2 Å². The molecule has 2 aliphatic heterocycles. The Labute approximate surface area is 196 Å². The minimum atomic E-state index is -0.615. The zero-order valence-corrected chi connectivity index (χ0v) is 19.2. The quantitative estimate of drug-likeness (QED) is 0.578. The number of nitrogens with zero attached hydrogens (tertiary/aromatic N) is 5. The molecule has 0 bridgehead atoms. The number of pyridine rings is 1. The molecule has 1 fully saturated rings. The van der Waals surface area contributed by atoms with E-state index in [9.17, 15) is 8.78 Å². The van der Waals surface area contributed by atoms with Gasteiger partial charge in [-0.15, -0.1) is 0 Å². The van der Waals surface area contributed by atoms with Gasteiger partial charge in [0.15, 0.2) is 0 Å². The standard InChI is InChI=1S/C24H25ClF2N6/c1-15-16(21-11-22(31-14-30-21)32-9-6-28-7-10-32)12-29-20-3-2-8-33(24(15)20)13-17-18(26)4-5-19(27)23(17)25/h4-5,11-12,14,28H,2-3,6-10,13H2,1H3. The lowest BCUT2D eigenvalue weighted by atomic mass is 9.98. The first-order valence-corrected chi connectivity index (χ1v) is 11.5. The second-order valence-electron chi connectivity index (χ2n) is 8.44. The van der Waals surface area contributed by atoms with E-state index in [4.69, 9.17) is 16.6 Å². The molecule has 3 aromatic rings. The Morgan fingerprint density at radius 2 is 1.85 bits per heavy atom. The van der Waals surface area contributed by atoms with Gasteiger partial charge >= 0.3 is 0 Å². The molecule has 9 heteroatoms. The van der Waals surface area contributed by atoms with Crippen LogP contribution in [0, 0.1) is 18.6 Å². The van der Waals surface area contributed by atoms with Gasteiger partial charge in [-0.25, -0.2) is 18.7 Å². The van der Waals surface area contributed by atoms with Gasteiger partial charge in [0, 0.05) is 62.7 Å². The number of rotatable bonds is 4. The van der Waals surface area contributed by atoms with Crippen LogP contribution in [0.4, 0.5) is 20.3 Å². The normalized spacial score (nSPS) is 16.1. The zero-order valence-electron chi connectivity index (χ0n) is 18.4. The highest BCUT2D eigenvalue weighted by atomic mass is 35.5. The van der Waals surface area contributed by atoms with Crippen LogP contribution in [0.3, 0.4) is 0 Å². The van der Waals surface area contributed by atoms with Gasteiger partial charge in [0.25, 0.3) is 0 Å². The zero-order chi connectivity index (χ0) is 22.9. The van der Waals surface area contributed by atoms with E-state index >= 15 is 0 Å². The Bertz CT molecular complexity index is 1180. The molecule has 172 valence electrons. The van der Waals surface area contributed by atoms with Gasteiger partial charge in [0.2, 0.25) is 0 Å². The minimum absolute atomic E-state index is 0.164. The molecule has 0 atom stereocenters. The number of hydrogen-bond acceptors (Lipinski definition) is 6. The lowest BCUT2D eigenvalue weighted by Crippen LogP contribution is -2.43. The van der Waals surface area contributed by atoms with Crippen molar-refractivity contribution in [3.05, 3.63) is 64.2 Å². The Morgan fingerprint density at radius 3 is 2.67 bits per heavy atom. The summed E-state index contributed by atoms with van der Waals surface area (Å²) in [6.07, 6.45) is 5.17. The number of nitrogens with one attached hydrogen (secondary N) is 1. The number of benzene rings is 1. The first-order chi connectivity index (χ1) is 16.0. The van der Waals surface area contributed by atoms with E-state index in [0.717, 1.165) is 85.2 Å². The Kier molecular flexibility index (Phi) is 6.12. The molecule has 1 N–H and O–H groups in total. The average Bonchev–Trinajstić information content (AvgIpc) is 2.85. The molecule has 0 radical (unpaired) electrons. The maximum absolute atomic E-state index is 14.5. The van der Waals surface area contributed by atoms with Crippen molar-refractivity contribution in [1.29, 1.82) is 0 Å². The topological polar surface area (TPSA) is 57.2 Å². The molecule has 0 saturated carbocycles. The van der Waals surface area contributed by atoms with E-state index < -0.39 is 11.6 Å². The third kappa shape index (κ3) is 4.25. The summed E-state index contributed by atoms with van der Waals surface area (Å²) in [5, 5.41) is 3.18. The second kappa shape index (κ2) is 9.19. The molecule has 0 amide bonds. The number of anilines is 2. The highest BCUT2D eigenvalue weighted by Crippen LogP contribution is 2.37. The Hall–Kier alpha value is -2.84. The van der Waals surface area contributed by atoms with E-state index in [0.29, 0.717) is 6.54 Å². The van der Waals surface area contributed by atoms with E-state index in [1.807, 2.05) is 24.1 Å². The van der Waals surface area contributed by atoms with Gasteiger partial charge in [-0.1, -0.05) is 11.6 Å². The molecule has 33 heavy (non-hydrogen) atoms. The summed E-state index contributed by atoms with van der Waals surface area (Å²) in [6, 6.07) is 4.18. The van der Waals surface area contributed by atoms with Crippen LogP contribution in [0.15, 0.2) is 30.7 Å². The molecule has 0 unspecified atom stereocenters. The second-order valence-corrected chi connectivity index (χ2v) is 8.82. The summed E-state index contributed by atoms with van der Waals surface area (Å²) in [5.74, 6) is -0.230. The number of aromatic nitrogens is 3. The van der Waals surface area contributed by atoms with Crippen molar-refractivity contribution >= 4 is 23.1 Å². The molecular weight excluding hydrogens is 446 g/mol. The van der Waals surface area contributed by atoms with E-state index in [2.05, 4.69) is 20.2 Å². The fourth-order valence-electron chi connectivity index (χ4n) is 4.68. The third-order valence-electron chi connectivity index (χ3n) is 6.40. The van der Waals surface area contributed by atoms with E-state index in [-0.39, 0.29) is 17.1 Å². The van der Waals surface area contributed by atoms with Crippen LogP contribution >= 0.6 is 11.6 Å². The van der Waals surface area contributed by atoms with Gasteiger partial charge in [0.1, 0.15) is 23.8 Å². The van der Waals surface area contributed by atoms with Crippen molar-refractivity contribution in [2.75, 3.05) is 42.5 Å². The van der Waals surface area contributed by atoms with Crippen molar-refractivity contribution < 1.29 is 8.78 Å². The number of halogens is 3. The van der Waals surface area contributed by atoms with Gasteiger partial charge in [-0.3, -0.25) is 4.98 Å². The lowest BCUT2D eigenvalue weighted by molar-refractivity contribution is 0.576. The fourth-order valence-corrected chi connectivity index (χ4v) is 4.89. The highest BCUT2D eigenvalue weighted by Gasteiger charge is 2.25. The van der Waals surface area contributed by atoms with Crippen LogP contribution in [-0.2, 0) is 13.0 Å². The summed E-state index contributed by atoms with van der Waals surface area (Å²) in [4.78, 5) is 18.0. The summed E-state index contributed by atoms with van der Waals surface area (Å²) in [6.45, 7) is 6.56. The number of hydrogen-bond donors (Lipinski definition) is 1. The van der Waals surface area contributed by atoms with Crippen LogP contribution in [0.5, 0.6) is 0 Å².